The second kappa shape index (κ2) is 9.44. The van der Waals surface area contributed by atoms with Gasteiger partial charge < -0.3 is 20.4 Å². The van der Waals surface area contributed by atoms with E-state index in [4.69, 9.17) is 0 Å². The molecule has 3 rings (SSSR count). The van der Waals surface area contributed by atoms with E-state index in [2.05, 4.69) is 26.0 Å². The Morgan fingerprint density at radius 1 is 1.10 bits per heavy atom. The average molecular weight is 421 g/mol. The summed E-state index contributed by atoms with van der Waals surface area (Å²) < 4.78 is 0. The van der Waals surface area contributed by atoms with Crippen molar-refractivity contribution in [2.45, 2.75) is 116 Å². The molecule has 4 nitrogen and oxygen atoms in total. The highest BCUT2D eigenvalue weighted by molar-refractivity contribution is 5.26. The maximum Gasteiger partial charge on any atom is 0.106 e. The molecule has 4 N–H and O–H groups in total. The van der Waals surface area contributed by atoms with Crippen molar-refractivity contribution >= 4 is 0 Å². The maximum absolute atomic E-state index is 10.0. The zero-order chi connectivity index (χ0) is 22.1. The molecule has 0 unspecified atom stereocenters. The van der Waals surface area contributed by atoms with Crippen molar-refractivity contribution in [1.82, 2.24) is 0 Å². The Labute approximate surface area is 183 Å². The van der Waals surface area contributed by atoms with E-state index in [0.29, 0.717) is 30.1 Å². The van der Waals surface area contributed by atoms with Crippen LogP contribution in [0.5, 0.6) is 0 Å². The first-order valence-corrected chi connectivity index (χ1v) is 12.2. The van der Waals surface area contributed by atoms with Gasteiger partial charge in [-0.15, -0.1) is 0 Å². The zero-order valence-corrected chi connectivity index (χ0v) is 19.5. The standard InChI is InChI=1S/C26H44O4/c1-17(7-5-13-25(2,3)30)20-11-12-21-19(8-6-14-26(20,21)4)10-9-18-15-22(27)24(29)23(28)16-18/h9-10,17,20-24,27-30H,5-8,11-16H2,1-4H3/b18-9?,19-10+/t17-,20-,21+,22-,23-,24?,26-/m1/s1. The highest BCUT2D eigenvalue weighted by Crippen LogP contribution is 2.59. The summed E-state index contributed by atoms with van der Waals surface area (Å²) >= 11 is 0. The summed E-state index contributed by atoms with van der Waals surface area (Å²) in [6.45, 7) is 8.73. The van der Waals surface area contributed by atoms with Crippen LogP contribution in [0.2, 0.25) is 0 Å². The second-order valence-corrected chi connectivity index (χ2v) is 11.4. The van der Waals surface area contributed by atoms with E-state index in [1.54, 1.807) is 0 Å². The molecule has 0 saturated heterocycles. The van der Waals surface area contributed by atoms with Gasteiger partial charge in [-0.1, -0.05) is 50.0 Å². The van der Waals surface area contributed by atoms with Gasteiger partial charge in [0.2, 0.25) is 0 Å². The van der Waals surface area contributed by atoms with E-state index < -0.39 is 23.9 Å². The van der Waals surface area contributed by atoms with Crippen LogP contribution >= 0.6 is 0 Å². The lowest BCUT2D eigenvalue weighted by Crippen LogP contribution is -2.41. The van der Waals surface area contributed by atoms with Crippen LogP contribution in [0.25, 0.3) is 0 Å². The van der Waals surface area contributed by atoms with Gasteiger partial charge in [0.15, 0.2) is 0 Å². The lowest BCUT2D eigenvalue weighted by Gasteiger charge is -2.44. The van der Waals surface area contributed by atoms with Gasteiger partial charge >= 0.3 is 0 Å². The van der Waals surface area contributed by atoms with Crippen molar-refractivity contribution in [1.29, 1.82) is 0 Å². The van der Waals surface area contributed by atoms with Crippen LogP contribution in [0.4, 0.5) is 0 Å². The van der Waals surface area contributed by atoms with Gasteiger partial charge in [-0.05, 0) is 88.4 Å². The lowest BCUT2D eigenvalue weighted by atomic mass is 9.60. The largest absolute Gasteiger partial charge is 0.390 e. The third-order valence-corrected chi connectivity index (χ3v) is 8.44. The first-order chi connectivity index (χ1) is 14.0. The van der Waals surface area contributed by atoms with Crippen LogP contribution in [0.3, 0.4) is 0 Å². The van der Waals surface area contributed by atoms with Gasteiger partial charge in [0.05, 0.1) is 17.8 Å². The number of aliphatic hydroxyl groups excluding tert-OH is 3. The Balaban J connectivity index is 1.67. The molecule has 0 aromatic rings. The highest BCUT2D eigenvalue weighted by atomic mass is 16.4. The molecule has 3 aliphatic carbocycles. The number of fused-ring (bicyclic) bond motifs is 1. The highest BCUT2D eigenvalue weighted by Gasteiger charge is 2.50. The third kappa shape index (κ3) is 5.38. The predicted molar refractivity (Wildman–Crippen MR) is 121 cm³/mol. The van der Waals surface area contributed by atoms with Gasteiger partial charge in [0.25, 0.3) is 0 Å². The Hall–Kier alpha value is -0.680. The Bertz CT molecular complexity index is 632. The van der Waals surface area contributed by atoms with Crippen LogP contribution in [0, 0.1) is 23.2 Å². The predicted octanol–water partition coefficient (Wildman–Crippen LogP) is 4.51. The van der Waals surface area contributed by atoms with Crippen molar-refractivity contribution in [2.24, 2.45) is 23.2 Å². The van der Waals surface area contributed by atoms with E-state index in [0.717, 1.165) is 30.8 Å². The van der Waals surface area contributed by atoms with Gasteiger partial charge in [-0.3, -0.25) is 0 Å². The fourth-order valence-corrected chi connectivity index (χ4v) is 6.75. The second-order valence-electron chi connectivity index (χ2n) is 11.4. The topological polar surface area (TPSA) is 80.9 Å². The number of aliphatic hydroxyl groups is 4. The summed E-state index contributed by atoms with van der Waals surface area (Å²) in [5.41, 5.74) is 2.37. The van der Waals surface area contributed by atoms with Crippen molar-refractivity contribution in [3.63, 3.8) is 0 Å². The van der Waals surface area contributed by atoms with Gasteiger partial charge in [0, 0.05) is 0 Å². The van der Waals surface area contributed by atoms with Crippen molar-refractivity contribution < 1.29 is 20.4 Å². The molecule has 30 heavy (non-hydrogen) atoms. The molecule has 0 aromatic heterocycles. The quantitative estimate of drug-likeness (QED) is 0.510. The number of rotatable bonds is 6. The van der Waals surface area contributed by atoms with Gasteiger partial charge in [-0.2, -0.15) is 0 Å². The molecule has 0 spiro atoms. The molecule has 3 saturated carbocycles. The van der Waals surface area contributed by atoms with Crippen LogP contribution in [-0.2, 0) is 0 Å². The molecule has 0 bridgehead atoms. The fourth-order valence-electron chi connectivity index (χ4n) is 6.75. The normalized spacial score (nSPS) is 39.8. The monoisotopic (exact) mass is 420 g/mol. The minimum Gasteiger partial charge on any atom is -0.390 e. The van der Waals surface area contributed by atoms with E-state index in [1.807, 2.05) is 13.8 Å². The number of hydrogen-bond acceptors (Lipinski definition) is 4. The summed E-state index contributed by atoms with van der Waals surface area (Å²) in [5, 5.41) is 39.7. The Kier molecular flexibility index (Phi) is 7.54. The minimum atomic E-state index is -1.03. The molecule has 0 radical (unpaired) electrons. The summed E-state index contributed by atoms with van der Waals surface area (Å²) in [5.74, 6) is 2.06. The van der Waals surface area contributed by atoms with E-state index in [1.165, 1.54) is 37.7 Å². The molecular formula is C26H44O4. The molecule has 3 aliphatic rings. The number of hydrogen-bond donors (Lipinski definition) is 4. The van der Waals surface area contributed by atoms with Crippen molar-refractivity contribution in [3.8, 4) is 0 Å². The van der Waals surface area contributed by atoms with Gasteiger partial charge in [0.1, 0.15) is 6.10 Å². The van der Waals surface area contributed by atoms with E-state index in [9.17, 15) is 20.4 Å². The molecule has 0 aromatic carbocycles. The van der Waals surface area contributed by atoms with Gasteiger partial charge in [-0.25, -0.2) is 0 Å². The van der Waals surface area contributed by atoms with Crippen LogP contribution < -0.4 is 0 Å². The minimum absolute atomic E-state index is 0.360. The Morgan fingerprint density at radius 3 is 2.40 bits per heavy atom. The van der Waals surface area contributed by atoms with Crippen molar-refractivity contribution in [2.75, 3.05) is 0 Å². The fraction of sp³-hybridized carbons (Fsp3) is 0.846. The molecule has 4 heteroatoms. The van der Waals surface area contributed by atoms with Crippen molar-refractivity contribution in [3.05, 3.63) is 23.3 Å². The number of allylic oxidation sites excluding steroid dienone is 3. The van der Waals surface area contributed by atoms with E-state index >= 15 is 0 Å². The van der Waals surface area contributed by atoms with Crippen LogP contribution in [-0.4, -0.2) is 44.3 Å². The smallest absolute Gasteiger partial charge is 0.106 e. The third-order valence-electron chi connectivity index (χ3n) is 8.44. The summed E-state index contributed by atoms with van der Waals surface area (Å²) in [6, 6.07) is 0. The molecule has 3 fully saturated rings. The molecule has 6 atom stereocenters. The average Bonchev–Trinajstić information content (AvgIpc) is 3.00. The summed E-state index contributed by atoms with van der Waals surface area (Å²) in [7, 11) is 0. The zero-order valence-electron chi connectivity index (χ0n) is 19.5. The SMILES string of the molecule is C[C@H](CCCC(C)(C)O)[C@H]1CC[C@H]2/C(=C/C=C3C[C@@H](O)C(O)[C@H](O)C3)CCC[C@]12C. The summed E-state index contributed by atoms with van der Waals surface area (Å²) in [6.07, 6.45) is 11.9. The lowest BCUT2D eigenvalue weighted by molar-refractivity contribution is -0.0713. The van der Waals surface area contributed by atoms with Crippen LogP contribution in [0.1, 0.15) is 91.9 Å². The maximum atomic E-state index is 10.0. The Morgan fingerprint density at radius 2 is 1.77 bits per heavy atom. The first-order valence-electron chi connectivity index (χ1n) is 12.2. The molecule has 0 heterocycles. The van der Waals surface area contributed by atoms with E-state index in [-0.39, 0.29) is 0 Å². The molecule has 172 valence electrons. The molecule has 0 aliphatic heterocycles. The molecule has 0 amide bonds. The summed E-state index contributed by atoms with van der Waals surface area (Å²) in [4.78, 5) is 0. The first kappa shape index (κ1) is 24.0. The molecular weight excluding hydrogens is 376 g/mol. The van der Waals surface area contributed by atoms with Crippen LogP contribution in [0.15, 0.2) is 23.3 Å².